The smallest absolute Gasteiger partial charge is 0.227 e. The van der Waals surface area contributed by atoms with Crippen molar-refractivity contribution in [3.63, 3.8) is 0 Å². The van der Waals surface area contributed by atoms with Crippen molar-refractivity contribution in [3.05, 3.63) is 152 Å². The zero-order valence-electron chi connectivity index (χ0n) is 24.6. The molecule has 0 fully saturated rings. The first-order valence-electron chi connectivity index (χ1n) is 15.1. The third kappa shape index (κ3) is 4.43. The Labute approximate surface area is 264 Å². The number of pyridine rings is 3. The minimum atomic E-state index is 0.579. The van der Waals surface area contributed by atoms with Crippen LogP contribution in [0.2, 0.25) is 0 Å². The van der Waals surface area contributed by atoms with Crippen molar-refractivity contribution >= 4 is 32.9 Å². The van der Waals surface area contributed by atoms with E-state index >= 15 is 0 Å². The van der Waals surface area contributed by atoms with Gasteiger partial charge < -0.3 is 8.98 Å². The molecule has 0 aliphatic carbocycles. The van der Waals surface area contributed by atoms with Gasteiger partial charge in [0, 0.05) is 69.7 Å². The highest BCUT2D eigenvalue weighted by Gasteiger charge is 2.17. The molecule has 0 spiro atoms. The highest BCUT2D eigenvalue weighted by Crippen LogP contribution is 2.38. The maximum atomic E-state index is 6.38. The first-order valence-corrected chi connectivity index (χ1v) is 15.1. The third-order valence-corrected chi connectivity index (χ3v) is 8.46. The highest BCUT2D eigenvalue weighted by molar-refractivity contribution is 6.11. The van der Waals surface area contributed by atoms with Gasteiger partial charge in [-0.3, -0.25) is 15.0 Å². The van der Waals surface area contributed by atoms with E-state index in [1.165, 1.54) is 0 Å². The second-order valence-corrected chi connectivity index (χ2v) is 11.2. The fourth-order valence-electron chi connectivity index (χ4n) is 6.24. The Kier molecular flexibility index (Phi) is 6.03. The van der Waals surface area contributed by atoms with Crippen LogP contribution in [0.4, 0.5) is 0 Å². The van der Waals surface area contributed by atoms with E-state index in [-0.39, 0.29) is 0 Å². The van der Waals surface area contributed by atoms with Crippen LogP contribution in [0.25, 0.3) is 83.6 Å². The largest absolute Gasteiger partial charge is 0.436 e. The zero-order chi connectivity index (χ0) is 30.5. The Morgan fingerprint density at radius 3 is 2.07 bits per heavy atom. The Morgan fingerprint density at radius 2 is 1.28 bits per heavy atom. The van der Waals surface area contributed by atoms with Gasteiger partial charge in [-0.2, -0.15) is 0 Å². The van der Waals surface area contributed by atoms with Crippen LogP contribution in [0.5, 0.6) is 0 Å². The van der Waals surface area contributed by atoms with E-state index in [0.29, 0.717) is 5.89 Å². The fraction of sp³-hybridized carbons (Fsp3) is 0. The zero-order valence-corrected chi connectivity index (χ0v) is 24.6. The summed E-state index contributed by atoms with van der Waals surface area (Å²) >= 11 is 0. The number of hydrogen-bond acceptors (Lipinski definition) is 5. The van der Waals surface area contributed by atoms with E-state index in [1.807, 2.05) is 67.1 Å². The molecule has 0 N–H and O–H groups in total. The number of aromatic nitrogens is 5. The van der Waals surface area contributed by atoms with E-state index in [9.17, 15) is 0 Å². The molecule has 6 nitrogen and oxygen atoms in total. The third-order valence-electron chi connectivity index (χ3n) is 8.46. The van der Waals surface area contributed by atoms with Gasteiger partial charge in [0.1, 0.15) is 5.52 Å². The number of oxazole rings is 1. The SMILES string of the molecule is c1ccc(-c2cccc(-n3c4ccc(-c5cccnc5)cc4c4ccc(-c5nc6ccc(-c7cccnc7)cc6o5)cc43)c2)nc1. The summed E-state index contributed by atoms with van der Waals surface area (Å²) in [6.07, 6.45) is 9.17. The summed E-state index contributed by atoms with van der Waals surface area (Å²) in [6.45, 7) is 0. The van der Waals surface area contributed by atoms with Gasteiger partial charge in [0.15, 0.2) is 5.58 Å². The van der Waals surface area contributed by atoms with Gasteiger partial charge in [0.05, 0.1) is 16.7 Å². The minimum absolute atomic E-state index is 0.579. The van der Waals surface area contributed by atoms with Gasteiger partial charge in [-0.25, -0.2) is 4.98 Å². The first kappa shape index (κ1) is 26.0. The summed E-state index contributed by atoms with van der Waals surface area (Å²) in [5, 5.41) is 2.30. The number of hydrogen-bond donors (Lipinski definition) is 0. The van der Waals surface area contributed by atoms with Gasteiger partial charge in [0.2, 0.25) is 5.89 Å². The second-order valence-electron chi connectivity index (χ2n) is 11.2. The standard InChI is InChI=1S/C40H25N5O/c1-2-19-43-35(10-1)28-6-3-9-32(20-28)45-37-16-13-26(30-7-4-17-41-24-30)21-34(37)33-14-11-29(22-38(33)45)40-44-36-15-12-27(23-39(36)46-40)31-8-5-18-42-25-31/h1-25H. The Morgan fingerprint density at radius 1 is 0.500 bits per heavy atom. The van der Waals surface area contributed by atoms with Crippen LogP contribution in [0.1, 0.15) is 0 Å². The van der Waals surface area contributed by atoms with Crippen molar-refractivity contribution in [2.75, 3.05) is 0 Å². The van der Waals surface area contributed by atoms with Crippen molar-refractivity contribution < 1.29 is 4.42 Å². The van der Waals surface area contributed by atoms with Crippen LogP contribution >= 0.6 is 0 Å². The molecule has 0 aliphatic rings. The lowest BCUT2D eigenvalue weighted by Gasteiger charge is -2.11. The molecule has 0 saturated heterocycles. The summed E-state index contributed by atoms with van der Waals surface area (Å²) in [5.74, 6) is 0.579. The van der Waals surface area contributed by atoms with Crippen molar-refractivity contribution in [1.29, 1.82) is 0 Å². The molecule has 5 aromatic heterocycles. The van der Waals surface area contributed by atoms with Crippen LogP contribution in [0, 0.1) is 0 Å². The summed E-state index contributed by atoms with van der Waals surface area (Å²) < 4.78 is 8.70. The quantitative estimate of drug-likeness (QED) is 0.199. The number of fused-ring (bicyclic) bond motifs is 4. The normalized spacial score (nSPS) is 11.5. The molecule has 216 valence electrons. The predicted molar refractivity (Wildman–Crippen MR) is 183 cm³/mol. The van der Waals surface area contributed by atoms with E-state index in [4.69, 9.17) is 9.40 Å². The van der Waals surface area contributed by atoms with Gasteiger partial charge in [0.25, 0.3) is 0 Å². The van der Waals surface area contributed by atoms with Crippen LogP contribution in [0.3, 0.4) is 0 Å². The number of rotatable bonds is 5. The molecule has 5 heterocycles. The summed E-state index contributed by atoms with van der Waals surface area (Å²) in [6, 6.07) is 41.7. The lowest BCUT2D eigenvalue weighted by atomic mass is 10.0. The first-order chi connectivity index (χ1) is 22.8. The van der Waals surface area contributed by atoms with Crippen molar-refractivity contribution in [1.82, 2.24) is 24.5 Å². The molecule has 0 radical (unpaired) electrons. The lowest BCUT2D eigenvalue weighted by Crippen LogP contribution is -1.95. The van der Waals surface area contributed by atoms with Gasteiger partial charge in [-0.1, -0.05) is 48.5 Å². The maximum Gasteiger partial charge on any atom is 0.227 e. The molecule has 9 rings (SSSR count). The molecular formula is C40H25N5O. The maximum absolute atomic E-state index is 6.38. The number of benzene rings is 4. The monoisotopic (exact) mass is 591 g/mol. The summed E-state index contributed by atoms with van der Waals surface area (Å²) in [5.41, 5.74) is 11.9. The molecule has 0 saturated carbocycles. The van der Waals surface area contributed by atoms with Crippen molar-refractivity contribution in [2.24, 2.45) is 0 Å². The van der Waals surface area contributed by atoms with E-state index in [1.54, 1.807) is 12.4 Å². The van der Waals surface area contributed by atoms with E-state index < -0.39 is 0 Å². The average Bonchev–Trinajstić information content (AvgIpc) is 3.71. The minimum Gasteiger partial charge on any atom is -0.436 e. The Hall–Kier alpha value is -6.40. The fourth-order valence-corrected chi connectivity index (χ4v) is 6.24. The highest BCUT2D eigenvalue weighted by atomic mass is 16.3. The Balaban J connectivity index is 1.24. The topological polar surface area (TPSA) is 69.6 Å². The average molecular weight is 592 g/mol. The molecule has 6 heteroatoms. The van der Waals surface area contributed by atoms with Crippen LogP contribution in [-0.2, 0) is 0 Å². The van der Waals surface area contributed by atoms with E-state index in [0.717, 1.165) is 77.7 Å². The molecule has 0 atom stereocenters. The van der Waals surface area contributed by atoms with Crippen LogP contribution in [-0.4, -0.2) is 24.5 Å². The molecule has 46 heavy (non-hydrogen) atoms. The van der Waals surface area contributed by atoms with Gasteiger partial charge >= 0.3 is 0 Å². The van der Waals surface area contributed by atoms with Crippen LogP contribution < -0.4 is 0 Å². The molecule has 0 unspecified atom stereocenters. The molecule has 0 bridgehead atoms. The molecule has 4 aromatic carbocycles. The molecular weight excluding hydrogens is 566 g/mol. The predicted octanol–water partition coefficient (Wildman–Crippen LogP) is 9.78. The van der Waals surface area contributed by atoms with Gasteiger partial charge in [-0.05, 0) is 83.9 Å². The number of nitrogens with zero attached hydrogens (tertiary/aromatic N) is 5. The molecule has 0 aliphatic heterocycles. The van der Waals surface area contributed by atoms with E-state index in [2.05, 4.69) is 92.3 Å². The van der Waals surface area contributed by atoms with Crippen molar-refractivity contribution in [2.45, 2.75) is 0 Å². The Bertz CT molecular complexity index is 2520. The summed E-state index contributed by atoms with van der Waals surface area (Å²) in [4.78, 5) is 18.1. The van der Waals surface area contributed by atoms with Crippen LogP contribution in [0.15, 0.2) is 157 Å². The van der Waals surface area contributed by atoms with Crippen molar-refractivity contribution in [3.8, 4) is 50.7 Å². The second kappa shape index (κ2) is 10.6. The summed E-state index contributed by atoms with van der Waals surface area (Å²) in [7, 11) is 0. The van der Waals surface area contributed by atoms with Gasteiger partial charge in [-0.15, -0.1) is 0 Å². The molecule has 9 aromatic rings. The molecule has 0 amide bonds. The lowest BCUT2D eigenvalue weighted by molar-refractivity contribution is 0.620.